The first-order valence-corrected chi connectivity index (χ1v) is 8.63. The van der Waals surface area contributed by atoms with Gasteiger partial charge in [-0.2, -0.15) is 0 Å². The molecule has 132 valence electrons. The SMILES string of the molecule is CC(N)C1CCCN(C(=O)CNC(=O)NCc2ccc(Cl)cc2)C1. The predicted octanol–water partition coefficient (Wildman–Crippen LogP) is 1.72. The molecule has 1 heterocycles. The lowest BCUT2D eigenvalue weighted by molar-refractivity contribution is -0.131. The normalized spacial score (nSPS) is 18.8. The highest BCUT2D eigenvalue weighted by atomic mass is 35.5. The Bertz CT molecular complexity index is 562. The molecule has 1 fully saturated rings. The van der Waals surface area contributed by atoms with Crippen molar-refractivity contribution in [2.24, 2.45) is 11.7 Å². The van der Waals surface area contributed by atoms with Gasteiger partial charge in [-0.05, 0) is 43.4 Å². The third kappa shape index (κ3) is 5.69. The highest BCUT2D eigenvalue weighted by Crippen LogP contribution is 2.18. The number of nitrogens with two attached hydrogens (primary N) is 1. The van der Waals surface area contributed by atoms with Gasteiger partial charge in [-0.3, -0.25) is 4.79 Å². The van der Waals surface area contributed by atoms with Gasteiger partial charge in [0.1, 0.15) is 0 Å². The predicted molar refractivity (Wildman–Crippen MR) is 94.6 cm³/mol. The first-order valence-electron chi connectivity index (χ1n) is 8.25. The summed E-state index contributed by atoms with van der Waals surface area (Å²) >= 11 is 5.81. The second-order valence-electron chi connectivity index (χ2n) is 6.26. The van der Waals surface area contributed by atoms with Crippen LogP contribution in [0.4, 0.5) is 4.79 Å². The van der Waals surface area contributed by atoms with E-state index in [-0.39, 0.29) is 24.5 Å². The number of urea groups is 1. The molecule has 0 aromatic heterocycles. The van der Waals surface area contributed by atoms with Crippen molar-refractivity contribution in [3.63, 3.8) is 0 Å². The summed E-state index contributed by atoms with van der Waals surface area (Å²) in [5.74, 6) is 0.267. The number of carbonyl (C=O) groups is 2. The van der Waals surface area contributed by atoms with Crippen molar-refractivity contribution >= 4 is 23.5 Å². The van der Waals surface area contributed by atoms with Crippen LogP contribution in [0.1, 0.15) is 25.3 Å². The van der Waals surface area contributed by atoms with Gasteiger partial charge in [0, 0.05) is 30.7 Å². The fraction of sp³-hybridized carbons (Fsp3) is 0.529. The smallest absolute Gasteiger partial charge is 0.315 e. The molecule has 1 aromatic rings. The lowest BCUT2D eigenvalue weighted by atomic mass is 9.92. The van der Waals surface area contributed by atoms with E-state index >= 15 is 0 Å². The average molecular weight is 353 g/mol. The van der Waals surface area contributed by atoms with Crippen LogP contribution in [0.3, 0.4) is 0 Å². The Hall–Kier alpha value is -1.79. The molecule has 1 saturated heterocycles. The summed E-state index contributed by atoms with van der Waals surface area (Å²) in [6.07, 6.45) is 2.01. The molecule has 2 atom stereocenters. The molecule has 0 radical (unpaired) electrons. The minimum absolute atomic E-state index is 0.00186. The minimum Gasteiger partial charge on any atom is -0.341 e. The lowest BCUT2D eigenvalue weighted by Gasteiger charge is -2.34. The summed E-state index contributed by atoms with van der Waals surface area (Å²) < 4.78 is 0. The zero-order chi connectivity index (χ0) is 17.5. The van der Waals surface area contributed by atoms with Crippen molar-refractivity contribution in [3.8, 4) is 0 Å². The maximum absolute atomic E-state index is 12.2. The van der Waals surface area contributed by atoms with Gasteiger partial charge in [0.25, 0.3) is 0 Å². The van der Waals surface area contributed by atoms with Gasteiger partial charge in [-0.25, -0.2) is 4.79 Å². The van der Waals surface area contributed by atoms with Crippen LogP contribution in [0, 0.1) is 5.92 Å². The molecule has 0 saturated carbocycles. The number of nitrogens with zero attached hydrogens (tertiary/aromatic N) is 1. The number of halogens is 1. The Kier molecular flexibility index (Phi) is 6.87. The number of amides is 3. The molecule has 24 heavy (non-hydrogen) atoms. The van der Waals surface area contributed by atoms with Crippen LogP contribution >= 0.6 is 11.6 Å². The van der Waals surface area contributed by atoms with Crippen molar-refractivity contribution in [2.75, 3.05) is 19.6 Å². The molecule has 6 nitrogen and oxygen atoms in total. The molecule has 3 amide bonds. The molecule has 7 heteroatoms. The van der Waals surface area contributed by atoms with Gasteiger partial charge in [0.15, 0.2) is 0 Å². The Morgan fingerprint density at radius 2 is 2.04 bits per heavy atom. The summed E-state index contributed by atoms with van der Waals surface area (Å²) in [5.41, 5.74) is 6.87. The Morgan fingerprint density at radius 1 is 1.33 bits per heavy atom. The quantitative estimate of drug-likeness (QED) is 0.754. The third-order valence-corrected chi connectivity index (χ3v) is 4.57. The highest BCUT2D eigenvalue weighted by Gasteiger charge is 2.25. The Morgan fingerprint density at radius 3 is 2.71 bits per heavy atom. The molecule has 4 N–H and O–H groups in total. The Labute approximate surface area is 147 Å². The van der Waals surface area contributed by atoms with E-state index in [4.69, 9.17) is 17.3 Å². The standard InChI is InChI=1S/C17H25ClN4O2/c1-12(19)14-3-2-8-22(11-14)16(23)10-21-17(24)20-9-13-4-6-15(18)7-5-13/h4-7,12,14H,2-3,8-11,19H2,1H3,(H2,20,21,24). The number of rotatable bonds is 5. The maximum atomic E-state index is 12.2. The van der Waals surface area contributed by atoms with E-state index in [0.29, 0.717) is 24.0 Å². The molecule has 2 rings (SSSR count). The first-order chi connectivity index (χ1) is 11.5. The van der Waals surface area contributed by atoms with Crippen molar-refractivity contribution in [3.05, 3.63) is 34.9 Å². The van der Waals surface area contributed by atoms with Crippen LogP contribution in [0.5, 0.6) is 0 Å². The molecule has 0 bridgehead atoms. The van der Waals surface area contributed by atoms with Crippen LogP contribution in [0.15, 0.2) is 24.3 Å². The van der Waals surface area contributed by atoms with Crippen molar-refractivity contribution in [1.82, 2.24) is 15.5 Å². The van der Waals surface area contributed by atoms with Gasteiger partial charge in [0.2, 0.25) is 5.91 Å². The number of nitrogens with one attached hydrogen (secondary N) is 2. The van der Waals surface area contributed by atoms with Crippen molar-refractivity contribution in [2.45, 2.75) is 32.4 Å². The summed E-state index contributed by atoms with van der Waals surface area (Å²) in [7, 11) is 0. The van der Waals surface area contributed by atoms with E-state index in [1.54, 1.807) is 17.0 Å². The zero-order valence-corrected chi connectivity index (χ0v) is 14.7. The van der Waals surface area contributed by atoms with Crippen LogP contribution in [-0.4, -0.2) is 42.5 Å². The summed E-state index contributed by atoms with van der Waals surface area (Å²) in [6.45, 7) is 3.76. The number of likely N-dealkylation sites (tertiary alicyclic amines) is 1. The summed E-state index contributed by atoms with van der Waals surface area (Å²) in [5, 5.41) is 5.98. The van der Waals surface area contributed by atoms with E-state index in [1.165, 1.54) is 0 Å². The largest absolute Gasteiger partial charge is 0.341 e. The molecule has 0 spiro atoms. The van der Waals surface area contributed by atoms with E-state index in [0.717, 1.165) is 24.9 Å². The van der Waals surface area contributed by atoms with Gasteiger partial charge in [0.05, 0.1) is 6.54 Å². The van der Waals surface area contributed by atoms with E-state index in [2.05, 4.69) is 10.6 Å². The van der Waals surface area contributed by atoms with Crippen molar-refractivity contribution < 1.29 is 9.59 Å². The molecule has 1 aromatic carbocycles. The number of benzene rings is 1. The fourth-order valence-corrected chi connectivity index (χ4v) is 2.91. The number of piperidine rings is 1. The van der Waals surface area contributed by atoms with Crippen molar-refractivity contribution in [1.29, 1.82) is 0 Å². The first kappa shape index (κ1) is 18.5. The van der Waals surface area contributed by atoms with Crippen LogP contribution in [-0.2, 0) is 11.3 Å². The topological polar surface area (TPSA) is 87.5 Å². The van der Waals surface area contributed by atoms with Crippen LogP contribution in [0.25, 0.3) is 0 Å². The van der Waals surface area contributed by atoms with Crippen LogP contribution in [0.2, 0.25) is 5.02 Å². The van der Waals surface area contributed by atoms with E-state index in [9.17, 15) is 9.59 Å². The molecule has 0 aliphatic carbocycles. The van der Waals surface area contributed by atoms with E-state index in [1.807, 2.05) is 19.1 Å². The maximum Gasteiger partial charge on any atom is 0.315 e. The fourth-order valence-electron chi connectivity index (χ4n) is 2.78. The second-order valence-corrected chi connectivity index (χ2v) is 6.70. The lowest BCUT2D eigenvalue weighted by Crippen LogP contribution is -2.49. The monoisotopic (exact) mass is 352 g/mol. The van der Waals surface area contributed by atoms with Gasteiger partial charge in [-0.1, -0.05) is 23.7 Å². The third-order valence-electron chi connectivity index (χ3n) is 4.32. The summed E-state index contributed by atoms with van der Waals surface area (Å²) in [6, 6.07) is 6.94. The average Bonchev–Trinajstić information content (AvgIpc) is 2.59. The molecular weight excluding hydrogens is 328 g/mol. The van der Waals surface area contributed by atoms with Crippen LogP contribution < -0.4 is 16.4 Å². The number of carbonyl (C=O) groups excluding carboxylic acids is 2. The molecule has 1 aliphatic rings. The second kappa shape index (κ2) is 8.89. The highest BCUT2D eigenvalue weighted by molar-refractivity contribution is 6.30. The molecular formula is C17H25ClN4O2. The van der Waals surface area contributed by atoms with Gasteiger partial charge < -0.3 is 21.3 Å². The zero-order valence-electron chi connectivity index (χ0n) is 13.9. The number of hydrogen-bond donors (Lipinski definition) is 3. The Balaban J connectivity index is 1.71. The minimum atomic E-state index is -0.362. The van der Waals surface area contributed by atoms with Gasteiger partial charge >= 0.3 is 6.03 Å². The summed E-state index contributed by atoms with van der Waals surface area (Å²) in [4.78, 5) is 25.8. The van der Waals surface area contributed by atoms with E-state index < -0.39 is 0 Å². The van der Waals surface area contributed by atoms with Gasteiger partial charge in [-0.15, -0.1) is 0 Å². The molecule has 2 unspecified atom stereocenters. The number of hydrogen-bond acceptors (Lipinski definition) is 3. The molecule has 1 aliphatic heterocycles.